The number of ether oxygens (including phenoxy) is 1. The van der Waals surface area contributed by atoms with Crippen LogP contribution in [-0.2, 0) is 9.53 Å². The lowest BCUT2D eigenvalue weighted by Crippen LogP contribution is -2.34. The van der Waals surface area contributed by atoms with Crippen LogP contribution in [0, 0.1) is 0 Å². The van der Waals surface area contributed by atoms with Gasteiger partial charge in [0.25, 0.3) is 0 Å². The van der Waals surface area contributed by atoms with Crippen LogP contribution in [0.1, 0.15) is 13.3 Å². The number of carbonyl (C=O) groups is 1. The Balaban J connectivity index is 4.32. The van der Waals surface area contributed by atoms with E-state index >= 15 is 0 Å². The lowest BCUT2D eigenvalue weighted by Gasteiger charge is -2.22. The van der Waals surface area contributed by atoms with Crippen molar-refractivity contribution >= 4 is 52.4 Å². The molecule has 0 aromatic carbocycles. The first kappa shape index (κ1) is 12.6. The van der Waals surface area contributed by atoms with Gasteiger partial charge in [0.15, 0.2) is 3.79 Å². The third kappa shape index (κ3) is 4.61. The quantitative estimate of drug-likeness (QED) is 0.559. The first-order valence-electron chi connectivity index (χ1n) is 3.03. The molecule has 0 aromatic heterocycles. The van der Waals surface area contributed by atoms with Crippen LogP contribution in [0.15, 0.2) is 0 Å². The predicted octanol–water partition coefficient (Wildman–Crippen LogP) is 2.92. The van der Waals surface area contributed by atoms with Crippen LogP contribution in [-0.4, -0.2) is 21.7 Å². The number of rotatable bonds is 2. The Morgan fingerprint density at radius 3 is 2.00 bits per heavy atom. The number of alkyl halides is 4. The highest BCUT2D eigenvalue weighted by Gasteiger charge is 2.39. The molecule has 72 valence electrons. The van der Waals surface area contributed by atoms with Crippen molar-refractivity contribution in [2.45, 2.75) is 22.0 Å². The maximum atomic E-state index is 11.0. The average Bonchev–Trinajstić information content (AvgIpc) is 1.80. The molecule has 0 N–H and O–H groups in total. The molecule has 0 amide bonds. The topological polar surface area (TPSA) is 26.3 Å². The molecule has 12 heavy (non-hydrogen) atoms. The lowest BCUT2D eigenvalue weighted by atomic mass is 10.1. The normalized spacial score (nSPS) is 16.8. The molecular formula is C6H8Cl4O2. The molecule has 0 saturated carbocycles. The van der Waals surface area contributed by atoms with E-state index in [-0.39, 0.29) is 6.42 Å². The van der Waals surface area contributed by atoms with Crippen molar-refractivity contribution < 1.29 is 9.53 Å². The van der Waals surface area contributed by atoms with E-state index in [0.717, 1.165) is 0 Å². The Hall–Kier alpha value is 0.630. The average molecular weight is 254 g/mol. The number of methoxy groups -OCH3 is 1. The molecule has 0 heterocycles. The van der Waals surface area contributed by atoms with E-state index in [1.165, 1.54) is 14.0 Å². The Morgan fingerprint density at radius 2 is 1.75 bits per heavy atom. The minimum atomic E-state index is -1.55. The van der Waals surface area contributed by atoms with Crippen molar-refractivity contribution in [1.82, 2.24) is 0 Å². The van der Waals surface area contributed by atoms with Crippen molar-refractivity contribution in [1.29, 1.82) is 0 Å². The number of esters is 1. The van der Waals surface area contributed by atoms with Gasteiger partial charge in [-0.15, -0.1) is 11.6 Å². The molecule has 0 aliphatic carbocycles. The van der Waals surface area contributed by atoms with Crippen LogP contribution in [0.2, 0.25) is 0 Å². The molecule has 0 radical (unpaired) electrons. The molecule has 0 rings (SSSR count). The summed E-state index contributed by atoms with van der Waals surface area (Å²) in [5.74, 6) is -0.615. The summed E-state index contributed by atoms with van der Waals surface area (Å²) in [5, 5.41) is 0. The van der Waals surface area contributed by atoms with Crippen LogP contribution in [0.25, 0.3) is 0 Å². The Bertz CT molecular complexity index is 173. The van der Waals surface area contributed by atoms with E-state index in [2.05, 4.69) is 4.74 Å². The molecule has 1 atom stereocenters. The largest absolute Gasteiger partial charge is 0.468 e. The second-order valence-electron chi connectivity index (χ2n) is 2.48. The zero-order valence-corrected chi connectivity index (χ0v) is 9.56. The second-order valence-corrected chi connectivity index (χ2v) is 5.83. The minimum Gasteiger partial charge on any atom is -0.468 e. The van der Waals surface area contributed by atoms with Crippen LogP contribution in [0.4, 0.5) is 0 Å². The summed E-state index contributed by atoms with van der Waals surface area (Å²) in [7, 11) is 1.22. The Kier molecular flexibility index (Phi) is 4.45. The summed E-state index contributed by atoms with van der Waals surface area (Å²) in [6.45, 7) is 1.43. The van der Waals surface area contributed by atoms with Gasteiger partial charge in [-0.2, -0.15) is 0 Å². The molecule has 0 spiro atoms. The SMILES string of the molecule is COC(=O)C(C)(Cl)CC(Cl)(Cl)Cl. The smallest absolute Gasteiger partial charge is 0.326 e. The first-order valence-corrected chi connectivity index (χ1v) is 4.54. The van der Waals surface area contributed by atoms with E-state index in [9.17, 15) is 4.79 Å². The highest BCUT2D eigenvalue weighted by Crippen LogP contribution is 2.38. The zero-order chi connectivity index (χ0) is 9.99. The van der Waals surface area contributed by atoms with E-state index < -0.39 is 14.6 Å². The van der Waals surface area contributed by atoms with Gasteiger partial charge in [0.05, 0.1) is 7.11 Å². The maximum absolute atomic E-state index is 11.0. The molecule has 0 bridgehead atoms. The molecular weight excluding hydrogens is 246 g/mol. The highest BCUT2D eigenvalue weighted by atomic mass is 35.6. The Labute approximate surface area is 91.1 Å². The van der Waals surface area contributed by atoms with Gasteiger partial charge in [-0.3, -0.25) is 4.79 Å². The van der Waals surface area contributed by atoms with Gasteiger partial charge in [-0.1, -0.05) is 34.8 Å². The van der Waals surface area contributed by atoms with Crippen molar-refractivity contribution in [3.8, 4) is 0 Å². The van der Waals surface area contributed by atoms with E-state index in [1.54, 1.807) is 0 Å². The fraction of sp³-hybridized carbons (Fsp3) is 0.833. The van der Waals surface area contributed by atoms with Crippen LogP contribution in [0.3, 0.4) is 0 Å². The highest BCUT2D eigenvalue weighted by molar-refractivity contribution is 6.67. The van der Waals surface area contributed by atoms with Crippen molar-refractivity contribution in [2.24, 2.45) is 0 Å². The molecule has 0 aromatic rings. The minimum absolute atomic E-state index is 0.0983. The summed E-state index contributed by atoms with van der Waals surface area (Å²) >= 11 is 22.1. The molecule has 0 aliphatic heterocycles. The van der Waals surface area contributed by atoms with Gasteiger partial charge in [0.1, 0.15) is 4.87 Å². The molecule has 6 heteroatoms. The van der Waals surface area contributed by atoms with Crippen LogP contribution in [0.5, 0.6) is 0 Å². The standard InChI is InChI=1S/C6H8Cl4O2/c1-5(7,4(11)12-2)3-6(8,9)10/h3H2,1-2H3. The number of halogens is 4. The molecule has 2 nitrogen and oxygen atoms in total. The summed E-state index contributed by atoms with van der Waals surface area (Å²) < 4.78 is 2.86. The third-order valence-corrected chi connectivity index (χ3v) is 1.83. The fourth-order valence-corrected chi connectivity index (χ4v) is 1.95. The fourth-order valence-electron chi connectivity index (χ4n) is 0.661. The lowest BCUT2D eigenvalue weighted by molar-refractivity contribution is -0.143. The maximum Gasteiger partial charge on any atom is 0.326 e. The molecule has 0 aliphatic rings. The monoisotopic (exact) mass is 252 g/mol. The summed E-state index contributed by atoms with van der Waals surface area (Å²) in [5.41, 5.74) is 0. The van der Waals surface area contributed by atoms with Crippen LogP contribution < -0.4 is 0 Å². The van der Waals surface area contributed by atoms with Crippen molar-refractivity contribution in [3.63, 3.8) is 0 Å². The van der Waals surface area contributed by atoms with Gasteiger partial charge in [-0.25, -0.2) is 0 Å². The Morgan fingerprint density at radius 1 is 1.33 bits per heavy atom. The van der Waals surface area contributed by atoms with Crippen LogP contribution >= 0.6 is 46.4 Å². The number of hydrogen-bond acceptors (Lipinski definition) is 2. The second kappa shape index (κ2) is 4.23. The van der Waals surface area contributed by atoms with Gasteiger partial charge < -0.3 is 4.74 Å². The number of carbonyl (C=O) groups excluding carboxylic acids is 1. The zero-order valence-electron chi connectivity index (χ0n) is 6.54. The van der Waals surface area contributed by atoms with Gasteiger partial charge in [0.2, 0.25) is 0 Å². The molecule has 1 unspecified atom stereocenters. The first-order chi connectivity index (χ1) is 5.19. The van der Waals surface area contributed by atoms with Gasteiger partial charge >= 0.3 is 5.97 Å². The van der Waals surface area contributed by atoms with Crippen molar-refractivity contribution in [2.75, 3.05) is 7.11 Å². The van der Waals surface area contributed by atoms with E-state index in [0.29, 0.717) is 0 Å². The van der Waals surface area contributed by atoms with Gasteiger partial charge in [0, 0.05) is 6.42 Å². The predicted molar refractivity (Wildman–Crippen MR) is 51.2 cm³/mol. The van der Waals surface area contributed by atoms with E-state index in [4.69, 9.17) is 46.4 Å². The van der Waals surface area contributed by atoms with Gasteiger partial charge in [-0.05, 0) is 6.92 Å². The molecule has 0 saturated heterocycles. The summed E-state index contributed by atoms with van der Waals surface area (Å²) in [6, 6.07) is 0. The third-order valence-electron chi connectivity index (χ3n) is 1.14. The molecule has 0 fully saturated rings. The van der Waals surface area contributed by atoms with Crippen molar-refractivity contribution in [3.05, 3.63) is 0 Å². The summed E-state index contributed by atoms with van der Waals surface area (Å²) in [4.78, 5) is 9.69. The number of hydrogen-bond donors (Lipinski definition) is 0. The van der Waals surface area contributed by atoms with E-state index in [1.807, 2.05) is 0 Å². The summed E-state index contributed by atoms with van der Waals surface area (Å²) in [6.07, 6.45) is -0.0983.